The van der Waals surface area contributed by atoms with Gasteiger partial charge in [-0.2, -0.15) is 5.10 Å². The van der Waals surface area contributed by atoms with E-state index in [4.69, 9.17) is 11.6 Å². The van der Waals surface area contributed by atoms with E-state index in [0.717, 1.165) is 5.56 Å². The van der Waals surface area contributed by atoms with E-state index in [1.54, 1.807) is 30.5 Å². The standard InChI is InChI=1S/C23H28ClN3O2/c1-15(2)20(26-21(28)18-8-6-7-9-19(18)24)22(29)27-25-14-16-10-12-17(13-11-16)23(3,4)5/h6-15,20H,1-5H3,(H,26,28)(H,27,29)/b25-14+. The predicted octanol–water partition coefficient (Wildman–Crippen LogP) is 4.54. The molecule has 2 amide bonds. The highest BCUT2D eigenvalue weighted by Gasteiger charge is 2.25. The number of hydrazone groups is 1. The molecular weight excluding hydrogens is 386 g/mol. The van der Waals surface area contributed by atoms with Crippen molar-refractivity contribution in [3.63, 3.8) is 0 Å². The van der Waals surface area contributed by atoms with Crippen molar-refractivity contribution in [1.29, 1.82) is 0 Å². The van der Waals surface area contributed by atoms with E-state index in [1.807, 2.05) is 38.1 Å². The number of rotatable bonds is 6. The summed E-state index contributed by atoms with van der Waals surface area (Å²) >= 11 is 6.07. The highest BCUT2D eigenvalue weighted by atomic mass is 35.5. The van der Waals surface area contributed by atoms with Crippen LogP contribution in [0.5, 0.6) is 0 Å². The summed E-state index contributed by atoms with van der Waals surface area (Å²) < 4.78 is 0. The maximum Gasteiger partial charge on any atom is 0.262 e. The first-order valence-electron chi connectivity index (χ1n) is 9.58. The van der Waals surface area contributed by atoms with E-state index in [2.05, 4.69) is 36.6 Å². The number of hydrogen-bond donors (Lipinski definition) is 2. The Balaban J connectivity index is 2.01. The van der Waals surface area contributed by atoms with Crippen LogP contribution in [-0.4, -0.2) is 24.1 Å². The Labute approximate surface area is 177 Å². The summed E-state index contributed by atoms with van der Waals surface area (Å²) in [7, 11) is 0. The van der Waals surface area contributed by atoms with Crippen LogP contribution in [-0.2, 0) is 10.2 Å². The first-order chi connectivity index (χ1) is 13.6. The van der Waals surface area contributed by atoms with Gasteiger partial charge >= 0.3 is 0 Å². The van der Waals surface area contributed by atoms with Gasteiger partial charge in [-0.15, -0.1) is 0 Å². The lowest BCUT2D eigenvalue weighted by molar-refractivity contribution is -0.123. The summed E-state index contributed by atoms with van der Waals surface area (Å²) in [5.41, 5.74) is 5.02. The normalized spacial score (nSPS) is 12.8. The van der Waals surface area contributed by atoms with E-state index in [-0.39, 0.29) is 17.2 Å². The summed E-state index contributed by atoms with van der Waals surface area (Å²) in [5, 5.41) is 7.11. The predicted molar refractivity (Wildman–Crippen MR) is 118 cm³/mol. The minimum absolute atomic E-state index is 0.0776. The summed E-state index contributed by atoms with van der Waals surface area (Å²) in [6, 6.07) is 14.0. The van der Waals surface area contributed by atoms with Gasteiger partial charge in [-0.3, -0.25) is 9.59 Å². The topological polar surface area (TPSA) is 70.6 Å². The van der Waals surface area contributed by atoms with Crippen LogP contribution in [0.25, 0.3) is 0 Å². The summed E-state index contributed by atoms with van der Waals surface area (Å²) in [5.74, 6) is -0.906. The minimum atomic E-state index is -0.737. The Kier molecular flexibility index (Phi) is 7.57. The number of hydrogen-bond acceptors (Lipinski definition) is 3. The number of carbonyl (C=O) groups excluding carboxylic acids is 2. The average Bonchev–Trinajstić information content (AvgIpc) is 2.65. The van der Waals surface area contributed by atoms with Gasteiger partial charge in [0.25, 0.3) is 11.8 Å². The lowest BCUT2D eigenvalue weighted by Crippen LogP contribution is -2.48. The Bertz CT molecular complexity index is 884. The van der Waals surface area contributed by atoms with Crippen LogP contribution in [0.15, 0.2) is 53.6 Å². The molecule has 2 N–H and O–H groups in total. The van der Waals surface area contributed by atoms with Gasteiger partial charge in [0.15, 0.2) is 0 Å². The lowest BCUT2D eigenvalue weighted by Gasteiger charge is -2.20. The van der Waals surface area contributed by atoms with Gasteiger partial charge in [0.05, 0.1) is 16.8 Å². The number of halogens is 1. The molecule has 0 radical (unpaired) electrons. The van der Waals surface area contributed by atoms with Gasteiger partial charge in [0.2, 0.25) is 0 Å². The zero-order valence-corrected chi connectivity index (χ0v) is 18.2. The number of amides is 2. The highest BCUT2D eigenvalue weighted by Crippen LogP contribution is 2.21. The molecule has 0 aromatic heterocycles. The molecule has 0 aliphatic rings. The van der Waals surface area contributed by atoms with Crippen molar-refractivity contribution in [2.45, 2.75) is 46.1 Å². The van der Waals surface area contributed by atoms with E-state index >= 15 is 0 Å². The van der Waals surface area contributed by atoms with E-state index < -0.39 is 11.9 Å². The largest absolute Gasteiger partial charge is 0.340 e. The summed E-state index contributed by atoms with van der Waals surface area (Å²) in [6.07, 6.45) is 1.58. The molecule has 6 heteroatoms. The van der Waals surface area contributed by atoms with Crippen molar-refractivity contribution in [3.05, 3.63) is 70.2 Å². The Morgan fingerprint density at radius 2 is 1.66 bits per heavy atom. The second-order valence-electron chi connectivity index (χ2n) is 8.28. The average molecular weight is 414 g/mol. The molecule has 0 bridgehead atoms. The smallest absolute Gasteiger partial charge is 0.262 e. The van der Waals surface area contributed by atoms with Crippen molar-refractivity contribution >= 4 is 29.6 Å². The van der Waals surface area contributed by atoms with Crippen molar-refractivity contribution in [3.8, 4) is 0 Å². The molecule has 0 saturated heterocycles. The van der Waals surface area contributed by atoms with Crippen LogP contribution in [0.2, 0.25) is 5.02 Å². The number of carbonyl (C=O) groups is 2. The van der Waals surface area contributed by atoms with Gasteiger partial charge in [-0.25, -0.2) is 5.43 Å². The third-order valence-corrected chi connectivity index (χ3v) is 4.85. The number of nitrogens with zero attached hydrogens (tertiary/aromatic N) is 1. The molecule has 0 aliphatic heterocycles. The van der Waals surface area contributed by atoms with Gasteiger partial charge in [0, 0.05) is 0 Å². The quantitative estimate of drug-likeness (QED) is 0.539. The van der Waals surface area contributed by atoms with Crippen LogP contribution in [0.4, 0.5) is 0 Å². The monoisotopic (exact) mass is 413 g/mol. The SMILES string of the molecule is CC(C)C(NC(=O)c1ccccc1Cl)C(=O)N/N=C/c1ccc(C(C)(C)C)cc1. The van der Waals surface area contributed by atoms with E-state index in [1.165, 1.54) is 5.56 Å². The molecule has 1 atom stereocenters. The van der Waals surface area contributed by atoms with Crippen LogP contribution in [0, 0.1) is 5.92 Å². The van der Waals surface area contributed by atoms with Gasteiger partial charge in [0.1, 0.15) is 6.04 Å². The Hall–Kier alpha value is -2.66. The minimum Gasteiger partial charge on any atom is -0.340 e. The Morgan fingerprint density at radius 1 is 1.03 bits per heavy atom. The Morgan fingerprint density at radius 3 is 2.21 bits per heavy atom. The third-order valence-electron chi connectivity index (χ3n) is 4.52. The maximum absolute atomic E-state index is 12.5. The molecule has 2 aromatic carbocycles. The summed E-state index contributed by atoms with van der Waals surface area (Å²) in [6.45, 7) is 10.2. The zero-order chi connectivity index (χ0) is 21.6. The van der Waals surface area contributed by atoms with Crippen molar-refractivity contribution in [2.75, 3.05) is 0 Å². The second-order valence-corrected chi connectivity index (χ2v) is 8.69. The highest BCUT2D eigenvalue weighted by molar-refractivity contribution is 6.33. The van der Waals surface area contributed by atoms with E-state index in [9.17, 15) is 9.59 Å². The van der Waals surface area contributed by atoms with Gasteiger partial charge < -0.3 is 5.32 Å². The number of benzene rings is 2. The van der Waals surface area contributed by atoms with Crippen LogP contribution < -0.4 is 10.7 Å². The molecule has 0 heterocycles. The molecule has 0 aliphatic carbocycles. The van der Waals surface area contributed by atoms with E-state index in [0.29, 0.717) is 10.6 Å². The second kappa shape index (κ2) is 9.70. The number of nitrogens with one attached hydrogen (secondary N) is 2. The molecule has 2 rings (SSSR count). The fourth-order valence-corrected chi connectivity index (χ4v) is 2.93. The van der Waals surface area contributed by atoms with Gasteiger partial charge in [-0.05, 0) is 34.6 Å². The fourth-order valence-electron chi connectivity index (χ4n) is 2.71. The molecule has 5 nitrogen and oxygen atoms in total. The molecular formula is C23H28ClN3O2. The zero-order valence-electron chi connectivity index (χ0n) is 17.5. The summed E-state index contributed by atoms with van der Waals surface area (Å²) in [4.78, 5) is 25.0. The molecule has 0 fully saturated rings. The molecule has 154 valence electrons. The van der Waals surface area contributed by atoms with Crippen LogP contribution >= 0.6 is 11.6 Å². The molecule has 29 heavy (non-hydrogen) atoms. The fraction of sp³-hybridized carbons (Fsp3) is 0.348. The molecule has 1 unspecified atom stereocenters. The van der Waals surface area contributed by atoms with Crippen LogP contribution in [0.1, 0.15) is 56.1 Å². The van der Waals surface area contributed by atoms with Crippen molar-refractivity contribution in [1.82, 2.24) is 10.7 Å². The van der Waals surface area contributed by atoms with Crippen molar-refractivity contribution in [2.24, 2.45) is 11.0 Å². The molecule has 2 aromatic rings. The van der Waals surface area contributed by atoms with Gasteiger partial charge in [-0.1, -0.05) is 82.6 Å². The third kappa shape index (κ3) is 6.43. The molecule has 0 saturated carbocycles. The first-order valence-corrected chi connectivity index (χ1v) is 9.96. The van der Waals surface area contributed by atoms with Crippen LogP contribution in [0.3, 0.4) is 0 Å². The van der Waals surface area contributed by atoms with Crippen molar-refractivity contribution < 1.29 is 9.59 Å². The first kappa shape index (κ1) is 22.6. The molecule has 0 spiro atoms. The lowest BCUT2D eigenvalue weighted by atomic mass is 9.87. The maximum atomic E-state index is 12.5.